The van der Waals surface area contributed by atoms with Crippen LogP contribution in [0, 0.1) is 0 Å². The summed E-state index contributed by atoms with van der Waals surface area (Å²) in [7, 11) is 0. The van der Waals surface area contributed by atoms with E-state index >= 15 is 0 Å². The number of carbonyl (C=O) groups is 1. The first kappa shape index (κ1) is 19.9. The Morgan fingerprint density at radius 3 is 2.84 bits per heavy atom. The molecule has 0 bridgehead atoms. The molecule has 9 nitrogen and oxygen atoms in total. The van der Waals surface area contributed by atoms with Crippen LogP contribution in [0.2, 0.25) is 0 Å². The summed E-state index contributed by atoms with van der Waals surface area (Å²) in [4.78, 5) is 25.2. The van der Waals surface area contributed by atoms with Gasteiger partial charge in [0.1, 0.15) is 12.4 Å². The van der Waals surface area contributed by atoms with E-state index in [0.29, 0.717) is 24.1 Å². The second-order valence-corrected chi connectivity index (χ2v) is 7.97. The van der Waals surface area contributed by atoms with Gasteiger partial charge in [0.15, 0.2) is 5.82 Å². The normalized spacial score (nSPS) is 16.6. The van der Waals surface area contributed by atoms with Gasteiger partial charge in [-0.3, -0.25) is 14.8 Å². The van der Waals surface area contributed by atoms with Crippen molar-refractivity contribution >= 4 is 28.4 Å². The Labute approximate surface area is 183 Å². The van der Waals surface area contributed by atoms with Gasteiger partial charge in [-0.1, -0.05) is 6.07 Å². The van der Waals surface area contributed by atoms with Crippen LogP contribution in [0.5, 0.6) is 5.75 Å². The number of nitrogens with zero attached hydrogens (tertiary/aromatic N) is 5. The second kappa shape index (κ2) is 8.96. The Morgan fingerprint density at radius 2 is 2.00 bits per heavy atom. The lowest BCUT2D eigenvalue weighted by atomic mass is 10.1. The van der Waals surface area contributed by atoms with Crippen LogP contribution in [0.25, 0.3) is 11.4 Å². The number of amides is 2. The van der Waals surface area contributed by atoms with Gasteiger partial charge in [-0.05, 0) is 24.3 Å². The number of pyridine rings is 1. The van der Waals surface area contributed by atoms with Gasteiger partial charge in [0, 0.05) is 54.7 Å². The fraction of sp³-hybridized carbons (Fsp3) is 0.333. The molecular weight excluding hydrogens is 416 g/mol. The van der Waals surface area contributed by atoms with Gasteiger partial charge in [-0.15, -0.1) is 0 Å². The average Bonchev–Trinajstić information content (AvgIpc) is 3.30. The molecule has 160 valence electrons. The average molecular weight is 439 g/mol. The van der Waals surface area contributed by atoms with Gasteiger partial charge in [0.2, 0.25) is 5.13 Å². The molecule has 5 rings (SSSR count). The van der Waals surface area contributed by atoms with Crippen molar-refractivity contribution < 1.29 is 14.3 Å². The first-order chi connectivity index (χ1) is 15.3. The summed E-state index contributed by atoms with van der Waals surface area (Å²) in [5.41, 5.74) is 2.57. The first-order valence-electron chi connectivity index (χ1n) is 10.2. The zero-order chi connectivity index (χ0) is 21.0. The number of nitrogens with one attached hydrogen (secondary N) is 1. The summed E-state index contributed by atoms with van der Waals surface area (Å²) >= 11 is 1.20. The molecule has 1 N–H and O–H groups in total. The lowest BCUT2D eigenvalue weighted by Gasteiger charge is -2.29. The van der Waals surface area contributed by atoms with Crippen LogP contribution >= 0.6 is 11.5 Å². The van der Waals surface area contributed by atoms with Crippen molar-refractivity contribution in [2.24, 2.45) is 0 Å². The summed E-state index contributed by atoms with van der Waals surface area (Å²) in [6.07, 6.45) is 3.39. The Hall–Kier alpha value is -3.08. The molecule has 2 aliphatic rings. The summed E-state index contributed by atoms with van der Waals surface area (Å²) in [6, 6.07) is 9.19. The van der Waals surface area contributed by atoms with E-state index in [2.05, 4.69) is 24.6 Å². The fourth-order valence-corrected chi connectivity index (χ4v) is 4.29. The van der Waals surface area contributed by atoms with Crippen molar-refractivity contribution in [1.29, 1.82) is 0 Å². The number of rotatable bonds is 6. The van der Waals surface area contributed by atoms with E-state index in [1.807, 2.05) is 30.3 Å². The largest absolute Gasteiger partial charge is 0.492 e. The maximum absolute atomic E-state index is 12.7. The van der Waals surface area contributed by atoms with E-state index in [1.54, 1.807) is 17.3 Å². The maximum Gasteiger partial charge on any atom is 0.328 e. The molecule has 3 aromatic rings. The monoisotopic (exact) mass is 438 g/mol. The molecule has 0 atom stereocenters. The highest BCUT2D eigenvalue weighted by molar-refractivity contribution is 7.10. The van der Waals surface area contributed by atoms with Gasteiger partial charge in [-0.25, -0.2) is 4.79 Å². The lowest BCUT2D eigenvalue weighted by molar-refractivity contribution is 0.0322. The Morgan fingerprint density at radius 1 is 1.16 bits per heavy atom. The number of anilines is 2. The topological polar surface area (TPSA) is 92.7 Å². The highest BCUT2D eigenvalue weighted by Crippen LogP contribution is 2.35. The van der Waals surface area contributed by atoms with Crippen LogP contribution in [-0.2, 0) is 11.3 Å². The van der Waals surface area contributed by atoms with Crippen LogP contribution in [0.4, 0.5) is 15.6 Å². The van der Waals surface area contributed by atoms with Crippen molar-refractivity contribution in [3.05, 3.63) is 48.3 Å². The van der Waals surface area contributed by atoms with Crippen LogP contribution in [0.3, 0.4) is 0 Å². The van der Waals surface area contributed by atoms with Crippen LogP contribution in [0.1, 0.15) is 5.56 Å². The number of carbonyl (C=O) groups excluding carboxylic acids is 1. The number of morpholine rings is 1. The fourth-order valence-electron chi connectivity index (χ4n) is 3.60. The number of urea groups is 1. The molecule has 0 spiro atoms. The van der Waals surface area contributed by atoms with Crippen molar-refractivity contribution in [3.8, 4) is 17.1 Å². The van der Waals surface area contributed by atoms with E-state index in [-0.39, 0.29) is 6.03 Å². The van der Waals surface area contributed by atoms with Gasteiger partial charge in [-0.2, -0.15) is 9.36 Å². The number of aromatic nitrogens is 3. The minimum absolute atomic E-state index is 0.226. The van der Waals surface area contributed by atoms with E-state index in [0.717, 1.165) is 55.4 Å². The molecular formula is C21H22N6O3S. The van der Waals surface area contributed by atoms with Crippen molar-refractivity contribution in [1.82, 2.24) is 19.2 Å². The summed E-state index contributed by atoms with van der Waals surface area (Å²) in [5, 5.41) is 3.49. The standard InChI is InChI=1S/C21H22N6O3S/c28-20-23-17-2-1-3-18(30-13-10-26-8-11-29-12-9-26)16(17)14-27(20)21-24-19(25-31-21)15-4-6-22-7-5-15/h1-7H,8-14H2,(H,23,28). The highest BCUT2D eigenvalue weighted by Gasteiger charge is 2.29. The van der Waals surface area contributed by atoms with Crippen molar-refractivity contribution in [2.75, 3.05) is 49.7 Å². The molecule has 0 unspecified atom stereocenters. The third kappa shape index (κ3) is 4.36. The van der Waals surface area contributed by atoms with E-state index in [4.69, 9.17) is 9.47 Å². The summed E-state index contributed by atoms with van der Waals surface area (Å²) < 4.78 is 15.9. The minimum atomic E-state index is -0.226. The van der Waals surface area contributed by atoms with E-state index in [1.165, 1.54) is 11.5 Å². The first-order valence-corrected chi connectivity index (χ1v) is 10.9. The molecule has 1 saturated heterocycles. The quantitative estimate of drug-likeness (QED) is 0.633. The minimum Gasteiger partial charge on any atom is -0.492 e. The Balaban J connectivity index is 1.31. The van der Waals surface area contributed by atoms with E-state index in [9.17, 15) is 4.79 Å². The molecule has 4 heterocycles. The Bertz CT molecular complexity index is 1050. The van der Waals surface area contributed by atoms with Gasteiger partial charge in [0.25, 0.3) is 0 Å². The predicted molar refractivity (Wildman–Crippen MR) is 118 cm³/mol. The highest BCUT2D eigenvalue weighted by atomic mass is 32.1. The number of ether oxygens (including phenoxy) is 2. The van der Waals surface area contributed by atoms with Crippen LogP contribution in [-0.4, -0.2) is 64.7 Å². The number of fused-ring (bicyclic) bond motifs is 1. The van der Waals surface area contributed by atoms with E-state index < -0.39 is 0 Å². The van der Waals surface area contributed by atoms with Gasteiger partial charge >= 0.3 is 6.03 Å². The lowest BCUT2D eigenvalue weighted by Crippen LogP contribution is -2.39. The van der Waals surface area contributed by atoms with Crippen LogP contribution < -0.4 is 15.0 Å². The molecule has 2 aromatic heterocycles. The van der Waals surface area contributed by atoms with Gasteiger partial charge in [0.05, 0.1) is 25.4 Å². The van der Waals surface area contributed by atoms with Crippen molar-refractivity contribution in [2.45, 2.75) is 6.54 Å². The SMILES string of the molecule is O=C1Nc2cccc(OCCN3CCOCC3)c2CN1c1nc(-c2ccncc2)ns1. The predicted octanol–water partition coefficient (Wildman–Crippen LogP) is 2.86. The molecule has 2 aliphatic heterocycles. The second-order valence-electron chi connectivity index (χ2n) is 7.24. The van der Waals surface area contributed by atoms with Crippen LogP contribution in [0.15, 0.2) is 42.7 Å². The smallest absolute Gasteiger partial charge is 0.328 e. The zero-order valence-electron chi connectivity index (χ0n) is 16.9. The molecule has 31 heavy (non-hydrogen) atoms. The number of hydrogen-bond donors (Lipinski definition) is 1. The molecule has 1 aromatic carbocycles. The summed E-state index contributed by atoms with van der Waals surface area (Å²) in [5.74, 6) is 1.35. The number of hydrogen-bond acceptors (Lipinski definition) is 8. The maximum atomic E-state index is 12.7. The molecule has 2 amide bonds. The molecule has 0 radical (unpaired) electrons. The van der Waals surface area contributed by atoms with Gasteiger partial charge < -0.3 is 14.8 Å². The molecule has 10 heteroatoms. The molecule has 0 saturated carbocycles. The number of benzene rings is 1. The zero-order valence-corrected chi connectivity index (χ0v) is 17.7. The molecule has 1 fully saturated rings. The summed E-state index contributed by atoms with van der Waals surface area (Å²) in [6.45, 7) is 5.19. The third-order valence-electron chi connectivity index (χ3n) is 5.29. The third-order valence-corrected chi connectivity index (χ3v) is 6.03. The van der Waals surface area contributed by atoms with Crippen molar-refractivity contribution in [3.63, 3.8) is 0 Å². The Kier molecular flexibility index (Phi) is 5.74. The molecule has 0 aliphatic carbocycles.